The lowest BCUT2D eigenvalue weighted by Crippen LogP contribution is -2.21. The van der Waals surface area contributed by atoms with Gasteiger partial charge in [-0.3, -0.25) is 15.1 Å². The smallest absolute Gasteiger partial charge is 0.258 e. The summed E-state index contributed by atoms with van der Waals surface area (Å²) in [6, 6.07) is 18.8. The van der Waals surface area contributed by atoms with Crippen LogP contribution < -0.4 is 4.83 Å². The number of nitrogens with one attached hydrogen (secondary N) is 1. The number of hydrazone groups is 1. The maximum absolute atomic E-state index is 12.5. The van der Waals surface area contributed by atoms with Crippen molar-refractivity contribution in [2.45, 2.75) is 4.90 Å². The number of rotatable bonds is 6. The molecule has 0 bridgehead atoms. The van der Waals surface area contributed by atoms with Gasteiger partial charge in [-0.15, -0.1) is 0 Å². The van der Waals surface area contributed by atoms with Crippen LogP contribution in [0.4, 0.5) is 5.69 Å². The molecule has 27 heavy (non-hydrogen) atoms. The molecule has 0 amide bonds. The van der Waals surface area contributed by atoms with Crippen molar-refractivity contribution >= 4 is 21.4 Å². The molecule has 1 heterocycles. The summed E-state index contributed by atoms with van der Waals surface area (Å²) < 4.78 is 24.9. The highest BCUT2D eigenvalue weighted by atomic mass is 32.2. The second-order valence-corrected chi connectivity index (χ2v) is 7.05. The highest BCUT2D eigenvalue weighted by Crippen LogP contribution is 2.16. The van der Waals surface area contributed by atoms with E-state index < -0.39 is 14.9 Å². The van der Waals surface area contributed by atoms with E-state index in [-0.39, 0.29) is 10.6 Å². The number of sulfonamides is 1. The minimum absolute atomic E-state index is 0.134. The van der Waals surface area contributed by atoms with Gasteiger partial charge in [0.05, 0.1) is 15.5 Å². The van der Waals surface area contributed by atoms with Crippen molar-refractivity contribution in [3.63, 3.8) is 0 Å². The molecule has 3 aromatic rings. The zero-order valence-corrected chi connectivity index (χ0v) is 14.7. The lowest BCUT2D eigenvalue weighted by atomic mass is 10.1. The molecular formula is C18H14N4O4S. The Labute approximate surface area is 155 Å². The van der Waals surface area contributed by atoms with Crippen LogP contribution in [0.3, 0.4) is 0 Å². The Bertz CT molecular complexity index is 1030. The number of benzene rings is 2. The maximum Gasteiger partial charge on any atom is 0.276 e. The van der Waals surface area contributed by atoms with Gasteiger partial charge in [-0.05, 0) is 24.3 Å². The minimum Gasteiger partial charge on any atom is -0.258 e. The van der Waals surface area contributed by atoms with Gasteiger partial charge in [-0.1, -0.05) is 36.4 Å². The zero-order valence-electron chi connectivity index (χ0n) is 13.9. The van der Waals surface area contributed by atoms with Crippen LogP contribution in [-0.4, -0.2) is 24.0 Å². The summed E-state index contributed by atoms with van der Waals surface area (Å²) in [6.07, 6.45) is 1.58. The van der Waals surface area contributed by atoms with Crippen LogP contribution in [0.25, 0.3) is 0 Å². The minimum atomic E-state index is -4.00. The summed E-state index contributed by atoms with van der Waals surface area (Å²) in [5.74, 6) is 0. The van der Waals surface area contributed by atoms with Crippen molar-refractivity contribution in [1.29, 1.82) is 0 Å². The third-order valence-corrected chi connectivity index (χ3v) is 4.81. The molecule has 1 N–H and O–H groups in total. The quantitative estimate of drug-likeness (QED) is 0.400. The van der Waals surface area contributed by atoms with Crippen molar-refractivity contribution in [3.05, 3.63) is 100 Å². The summed E-state index contributed by atoms with van der Waals surface area (Å²) in [7, 11) is -4.00. The Morgan fingerprint density at radius 2 is 1.63 bits per heavy atom. The highest BCUT2D eigenvalue weighted by molar-refractivity contribution is 7.89. The predicted octanol–water partition coefficient (Wildman–Crippen LogP) is 2.72. The van der Waals surface area contributed by atoms with E-state index in [2.05, 4.69) is 14.9 Å². The van der Waals surface area contributed by atoms with Crippen LogP contribution in [0.5, 0.6) is 0 Å². The van der Waals surface area contributed by atoms with Crippen LogP contribution in [0, 0.1) is 10.1 Å². The molecule has 3 rings (SSSR count). The average Bonchev–Trinajstić information content (AvgIpc) is 2.70. The van der Waals surface area contributed by atoms with Gasteiger partial charge in [0.25, 0.3) is 15.7 Å². The Morgan fingerprint density at radius 3 is 2.22 bits per heavy atom. The van der Waals surface area contributed by atoms with Crippen molar-refractivity contribution in [3.8, 4) is 0 Å². The molecule has 0 unspecified atom stereocenters. The van der Waals surface area contributed by atoms with E-state index in [1.807, 2.05) is 6.07 Å². The Balaban J connectivity index is 1.95. The lowest BCUT2D eigenvalue weighted by molar-refractivity contribution is -0.384. The van der Waals surface area contributed by atoms with Crippen molar-refractivity contribution < 1.29 is 13.3 Å². The first-order valence-corrected chi connectivity index (χ1v) is 9.26. The number of nitro benzene ring substituents is 1. The molecule has 0 spiro atoms. The molecule has 0 saturated heterocycles. The first-order valence-electron chi connectivity index (χ1n) is 7.78. The van der Waals surface area contributed by atoms with Crippen molar-refractivity contribution in [2.24, 2.45) is 5.10 Å². The lowest BCUT2D eigenvalue weighted by Gasteiger charge is -2.08. The fraction of sp³-hybridized carbons (Fsp3) is 0. The number of aromatic nitrogens is 1. The standard InChI is InChI=1S/C18H14N4O4S/c23-22(24)15-9-11-16(12-10-15)27(25,26)21-20-18(14-6-2-1-3-7-14)17-8-4-5-13-19-17/h1-13,21H/b20-18-. The molecule has 9 heteroatoms. The summed E-state index contributed by atoms with van der Waals surface area (Å²) in [6.45, 7) is 0. The molecule has 0 aliphatic carbocycles. The third-order valence-electron chi connectivity index (χ3n) is 3.59. The van der Waals surface area contributed by atoms with Gasteiger partial charge < -0.3 is 0 Å². The first kappa shape index (κ1) is 18.2. The predicted molar refractivity (Wildman–Crippen MR) is 99.7 cm³/mol. The largest absolute Gasteiger partial charge is 0.276 e. The molecule has 8 nitrogen and oxygen atoms in total. The van der Waals surface area contributed by atoms with Crippen LogP contribution in [-0.2, 0) is 10.0 Å². The van der Waals surface area contributed by atoms with Gasteiger partial charge in [0, 0.05) is 23.9 Å². The van der Waals surface area contributed by atoms with E-state index >= 15 is 0 Å². The SMILES string of the molecule is O=[N+]([O-])c1ccc(S(=O)(=O)N/N=C(/c2ccccc2)c2ccccn2)cc1. The topological polar surface area (TPSA) is 115 Å². The maximum atomic E-state index is 12.5. The Hall–Kier alpha value is -3.59. The van der Waals surface area contributed by atoms with Crippen LogP contribution in [0.2, 0.25) is 0 Å². The third kappa shape index (κ3) is 4.33. The first-order chi connectivity index (χ1) is 13.0. The Morgan fingerprint density at radius 1 is 0.963 bits per heavy atom. The second-order valence-electron chi connectivity index (χ2n) is 5.39. The average molecular weight is 382 g/mol. The molecule has 0 radical (unpaired) electrons. The van der Waals surface area contributed by atoms with Gasteiger partial charge in [-0.2, -0.15) is 18.4 Å². The summed E-state index contributed by atoms with van der Waals surface area (Å²) >= 11 is 0. The highest BCUT2D eigenvalue weighted by Gasteiger charge is 2.16. The molecule has 0 fully saturated rings. The summed E-state index contributed by atoms with van der Waals surface area (Å²) in [5, 5.41) is 14.8. The van der Waals surface area contributed by atoms with E-state index in [1.165, 1.54) is 0 Å². The molecule has 0 saturated carbocycles. The number of non-ortho nitro benzene ring substituents is 1. The van der Waals surface area contributed by atoms with Crippen LogP contribution in [0.15, 0.2) is 89.0 Å². The molecule has 0 atom stereocenters. The molecule has 1 aromatic heterocycles. The number of nitro groups is 1. The van der Waals surface area contributed by atoms with Crippen molar-refractivity contribution in [2.75, 3.05) is 0 Å². The van der Waals surface area contributed by atoms with Gasteiger partial charge in [0.1, 0.15) is 5.71 Å². The van der Waals surface area contributed by atoms with Gasteiger partial charge in [0.15, 0.2) is 0 Å². The van der Waals surface area contributed by atoms with Gasteiger partial charge >= 0.3 is 0 Å². The summed E-state index contributed by atoms with van der Waals surface area (Å²) in [4.78, 5) is 16.4. The zero-order chi connectivity index (χ0) is 19.3. The van der Waals surface area contributed by atoms with Crippen LogP contribution in [0.1, 0.15) is 11.3 Å². The normalized spacial score (nSPS) is 11.8. The molecular weight excluding hydrogens is 368 g/mol. The van der Waals surface area contributed by atoms with E-state index in [4.69, 9.17) is 0 Å². The van der Waals surface area contributed by atoms with E-state index in [1.54, 1.807) is 48.7 Å². The van der Waals surface area contributed by atoms with E-state index in [9.17, 15) is 18.5 Å². The van der Waals surface area contributed by atoms with Gasteiger partial charge in [0.2, 0.25) is 0 Å². The fourth-order valence-corrected chi connectivity index (χ4v) is 3.09. The number of nitrogens with zero attached hydrogens (tertiary/aromatic N) is 3. The van der Waals surface area contributed by atoms with Crippen molar-refractivity contribution in [1.82, 2.24) is 9.82 Å². The molecule has 136 valence electrons. The fourth-order valence-electron chi connectivity index (χ4n) is 2.27. The summed E-state index contributed by atoms with van der Waals surface area (Å²) in [5.41, 5.74) is 1.33. The van der Waals surface area contributed by atoms with Crippen LogP contribution >= 0.6 is 0 Å². The van der Waals surface area contributed by atoms with E-state index in [0.29, 0.717) is 17.0 Å². The van der Waals surface area contributed by atoms with Gasteiger partial charge in [-0.25, -0.2) is 0 Å². The Kier molecular flexibility index (Phi) is 5.23. The number of hydrogen-bond acceptors (Lipinski definition) is 6. The molecule has 0 aliphatic heterocycles. The second kappa shape index (κ2) is 7.75. The van der Waals surface area contributed by atoms with E-state index in [0.717, 1.165) is 24.3 Å². The number of pyridine rings is 1. The monoisotopic (exact) mass is 382 g/mol. The molecule has 0 aliphatic rings. The molecule has 2 aromatic carbocycles. The number of hydrogen-bond donors (Lipinski definition) is 1.